The summed E-state index contributed by atoms with van der Waals surface area (Å²) in [7, 11) is 5.92. The Labute approximate surface area is 98.2 Å². The SMILES string of the molecule is COCCNCc1cccn1CCN(C)C. The summed E-state index contributed by atoms with van der Waals surface area (Å²) in [6.07, 6.45) is 2.14. The first-order valence-electron chi connectivity index (χ1n) is 5.72. The molecule has 1 heterocycles. The molecular weight excluding hydrogens is 202 g/mol. The summed E-state index contributed by atoms with van der Waals surface area (Å²) in [5.74, 6) is 0. The fourth-order valence-electron chi connectivity index (χ4n) is 1.53. The fourth-order valence-corrected chi connectivity index (χ4v) is 1.53. The molecular formula is C12H23N3O. The summed E-state index contributed by atoms with van der Waals surface area (Å²) < 4.78 is 7.29. The van der Waals surface area contributed by atoms with Crippen LogP contribution in [-0.4, -0.2) is 50.4 Å². The van der Waals surface area contributed by atoms with Gasteiger partial charge in [0.15, 0.2) is 0 Å². The number of rotatable bonds is 8. The number of nitrogens with one attached hydrogen (secondary N) is 1. The highest BCUT2D eigenvalue weighted by Gasteiger charge is 2.00. The molecule has 4 heteroatoms. The quantitative estimate of drug-likeness (QED) is 0.663. The number of ether oxygens (including phenoxy) is 1. The number of methoxy groups -OCH3 is 1. The van der Waals surface area contributed by atoms with Crippen molar-refractivity contribution in [2.45, 2.75) is 13.1 Å². The normalized spacial score (nSPS) is 11.2. The maximum Gasteiger partial charge on any atom is 0.0587 e. The van der Waals surface area contributed by atoms with Crippen LogP contribution in [0.3, 0.4) is 0 Å². The van der Waals surface area contributed by atoms with E-state index in [-0.39, 0.29) is 0 Å². The molecule has 0 fully saturated rings. The monoisotopic (exact) mass is 225 g/mol. The van der Waals surface area contributed by atoms with Gasteiger partial charge in [0, 0.05) is 45.2 Å². The standard InChI is InChI=1S/C12H23N3O/c1-14(2)8-9-15-7-4-5-12(15)11-13-6-10-16-3/h4-5,7,13H,6,8-11H2,1-3H3. The molecule has 0 radical (unpaired) electrons. The van der Waals surface area contributed by atoms with Crippen molar-refractivity contribution >= 4 is 0 Å². The van der Waals surface area contributed by atoms with Gasteiger partial charge in [-0.15, -0.1) is 0 Å². The summed E-state index contributed by atoms with van der Waals surface area (Å²) in [5, 5.41) is 3.36. The van der Waals surface area contributed by atoms with E-state index in [0.29, 0.717) is 0 Å². The van der Waals surface area contributed by atoms with Crippen LogP contribution in [-0.2, 0) is 17.8 Å². The number of nitrogens with zero attached hydrogens (tertiary/aromatic N) is 2. The predicted octanol–water partition coefficient (Wildman–Crippen LogP) is 0.786. The lowest BCUT2D eigenvalue weighted by atomic mass is 10.4. The molecule has 1 rings (SSSR count). The van der Waals surface area contributed by atoms with Gasteiger partial charge in [0.2, 0.25) is 0 Å². The average Bonchev–Trinajstić information content (AvgIpc) is 2.69. The summed E-state index contributed by atoms with van der Waals surface area (Å²) in [4.78, 5) is 2.20. The average molecular weight is 225 g/mol. The second-order valence-electron chi connectivity index (χ2n) is 4.17. The molecule has 0 amide bonds. The molecule has 1 aromatic rings. The van der Waals surface area contributed by atoms with Gasteiger partial charge < -0.3 is 19.5 Å². The Balaban J connectivity index is 2.32. The minimum absolute atomic E-state index is 0.762. The number of hydrogen-bond acceptors (Lipinski definition) is 3. The van der Waals surface area contributed by atoms with E-state index >= 15 is 0 Å². The van der Waals surface area contributed by atoms with Gasteiger partial charge in [0.05, 0.1) is 6.61 Å². The highest BCUT2D eigenvalue weighted by Crippen LogP contribution is 2.01. The van der Waals surface area contributed by atoms with Gasteiger partial charge in [-0.2, -0.15) is 0 Å². The molecule has 0 bridgehead atoms. The largest absolute Gasteiger partial charge is 0.383 e. The van der Waals surface area contributed by atoms with Gasteiger partial charge in [-0.3, -0.25) is 0 Å². The van der Waals surface area contributed by atoms with E-state index in [1.165, 1.54) is 5.69 Å². The van der Waals surface area contributed by atoms with Crippen molar-refractivity contribution in [3.05, 3.63) is 24.0 Å². The van der Waals surface area contributed by atoms with Gasteiger partial charge in [0.25, 0.3) is 0 Å². The van der Waals surface area contributed by atoms with Gasteiger partial charge in [0.1, 0.15) is 0 Å². The van der Waals surface area contributed by atoms with Crippen molar-refractivity contribution in [2.24, 2.45) is 0 Å². The van der Waals surface area contributed by atoms with E-state index in [0.717, 1.165) is 32.8 Å². The van der Waals surface area contributed by atoms with Crippen LogP contribution in [0.25, 0.3) is 0 Å². The molecule has 1 N–H and O–H groups in total. The third-order valence-corrected chi connectivity index (χ3v) is 2.50. The molecule has 0 aliphatic rings. The van der Waals surface area contributed by atoms with Gasteiger partial charge in [-0.25, -0.2) is 0 Å². The molecule has 0 unspecified atom stereocenters. The van der Waals surface area contributed by atoms with E-state index in [1.807, 2.05) is 0 Å². The topological polar surface area (TPSA) is 29.4 Å². The van der Waals surface area contributed by atoms with Gasteiger partial charge >= 0.3 is 0 Å². The zero-order chi connectivity index (χ0) is 11.8. The third-order valence-electron chi connectivity index (χ3n) is 2.50. The van der Waals surface area contributed by atoms with Gasteiger partial charge in [-0.1, -0.05) is 0 Å². The summed E-state index contributed by atoms with van der Waals surface area (Å²) >= 11 is 0. The van der Waals surface area contributed by atoms with Crippen LogP contribution >= 0.6 is 0 Å². The molecule has 4 nitrogen and oxygen atoms in total. The molecule has 0 atom stereocenters. The van der Waals surface area contributed by atoms with E-state index in [2.05, 4.69) is 47.2 Å². The van der Waals surface area contributed by atoms with Crippen molar-refractivity contribution in [2.75, 3.05) is 40.9 Å². The second kappa shape index (κ2) is 7.44. The highest BCUT2D eigenvalue weighted by molar-refractivity contribution is 5.06. The van der Waals surface area contributed by atoms with E-state index < -0.39 is 0 Å². The van der Waals surface area contributed by atoms with Crippen LogP contribution in [0.5, 0.6) is 0 Å². The second-order valence-corrected chi connectivity index (χ2v) is 4.17. The molecule has 92 valence electrons. The highest BCUT2D eigenvalue weighted by atomic mass is 16.5. The Morgan fingerprint density at radius 2 is 2.25 bits per heavy atom. The van der Waals surface area contributed by atoms with Crippen LogP contribution in [0.1, 0.15) is 5.69 Å². The Morgan fingerprint density at radius 1 is 1.44 bits per heavy atom. The zero-order valence-electron chi connectivity index (χ0n) is 10.6. The van der Waals surface area contributed by atoms with Crippen LogP contribution < -0.4 is 5.32 Å². The van der Waals surface area contributed by atoms with Crippen LogP contribution in [0, 0.1) is 0 Å². The number of hydrogen-bond donors (Lipinski definition) is 1. The molecule has 0 aromatic carbocycles. The first-order valence-corrected chi connectivity index (χ1v) is 5.72. The molecule has 0 spiro atoms. The molecule has 0 aliphatic heterocycles. The van der Waals surface area contributed by atoms with Crippen LogP contribution in [0.2, 0.25) is 0 Å². The van der Waals surface area contributed by atoms with E-state index in [9.17, 15) is 0 Å². The fraction of sp³-hybridized carbons (Fsp3) is 0.667. The molecule has 0 saturated heterocycles. The smallest absolute Gasteiger partial charge is 0.0587 e. The maximum atomic E-state index is 4.99. The molecule has 0 saturated carbocycles. The Hall–Kier alpha value is -0.840. The maximum absolute atomic E-state index is 4.99. The summed E-state index contributed by atoms with van der Waals surface area (Å²) in [5.41, 5.74) is 1.33. The lowest BCUT2D eigenvalue weighted by molar-refractivity contribution is 0.199. The molecule has 16 heavy (non-hydrogen) atoms. The van der Waals surface area contributed by atoms with Crippen molar-refractivity contribution in [3.63, 3.8) is 0 Å². The van der Waals surface area contributed by atoms with Crippen molar-refractivity contribution < 1.29 is 4.74 Å². The lowest BCUT2D eigenvalue weighted by Crippen LogP contribution is -2.23. The lowest BCUT2D eigenvalue weighted by Gasteiger charge is -2.13. The minimum atomic E-state index is 0.762. The first kappa shape index (κ1) is 13.2. The van der Waals surface area contributed by atoms with E-state index in [4.69, 9.17) is 4.74 Å². The van der Waals surface area contributed by atoms with Crippen molar-refractivity contribution in [1.82, 2.24) is 14.8 Å². The van der Waals surface area contributed by atoms with Crippen LogP contribution in [0.15, 0.2) is 18.3 Å². The Bertz CT molecular complexity index is 284. The van der Waals surface area contributed by atoms with Gasteiger partial charge in [-0.05, 0) is 26.2 Å². The Kier molecular flexibility index (Phi) is 6.15. The zero-order valence-corrected chi connectivity index (χ0v) is 10.6. The summed E-state index contributed by atoms with van der Waals surface area (Å²) in [6, 6.07) is 4.26. The van der Waals surface area contributed by atoms with E-state index in [1.54, 1.807) is 7.11 Å². The predicted molar refractivity (Wildman–Crippen MR) is 66.6 cm³/mol. The summed E-state index contributed by atoms with van der Waals surface area (Å²) in [6.45, 7) is 4.68. The molecule has 0 aliphatic carbocycles. The number of likely N-dealkylation sites (N-methyl/N-ethyl adjacent to an activating group) is 1. The van der Waals surface area contributed by atoms with Crippen molar-refractivity contribution in [1.29, 1.82) is 0 Å². The number of aromatic nitrogens is 1. The molecule has 1 aromatic heterocycles. The first-order chi connectivity index (χ1) is 7.74. The third kappa shape index (κ3) is 4.79. The Morgan fingerprint density at radius 3 is 2.94 bits per heavy atom. The van der Waals surface area contributed by atoms with Crippen molar-refractivity contribution in [3.8, 4) is 0 Å². The van der Waals surface area contributed by atoms with Crippen LogP contribution in [0.4, 0.5) is 0 Å². The minimum Gasteiger partial charge on any atom is -0.383 e.